The monoisotopic (exact) mass is 330 g/mol. The molecule has 1 aliphatic heterocycles. The van der Waals surface area contributed by atoms with Crippen LogP contribution in [0.3, 0.4) is 0 Å². The highest BCUT2D eigenvalue weighted by Gasteiger charge is 2.20. The van der Waals surface area contributed by atoms with Gasteiger partial charge < -0.3 is 18.9 Å². The van der Waals surface area contributed by atoms with E-state index in [1.807, 2.05) is 31.2 Å². The number of benzene rings is 1. The van der Waals surface area contributed by atoms with Crippen LogP contribution in [0.25, 0.3) is 0 Å². The molecule has 1 fully saturated rings. The van der Waals surface area contributed by atoms with Crippen LogP contribution in [0.15, 0.2) is 34.9 Å². The highest BCUT2D eigenvalue weighted by atomic mass is 16.5. The van der Waals surface area contributed by atoms with E-state index >= 15 is 0 Å². The molecule has 6 heteroatoms. The Bertz CT molecular complexity index is 692. The summed E-state index contributed by atoms with van der Waals surface area (Å²) in [5, 5.41) is 3.93. The Kier molecular flexibility index (Phi) is 5.15. The van der Waals surface area contributed by atoms with Crippen LogP contribution in [0.4, 0.5) is 0 Å². The molecule has 0 radical (unpaired) electrons. The van der Waals surface area contributed by atoms with Gasteiger partial charge in [-0.1, -0.05) is 17.3 Å². The minimum absolute atomic E-state index is 0.112. The zero-order valence-electron chi connectivity index (χ0n) is 14.0. The fraction of sp³-hybridized carbons (Fsp3) is 0.444. The zero-order valence-corrected chi connectivity index (χ0v) is 14.0. The number of para-hydroxylation sites is 1. The standard InChI is InChI=1S/C18H22N2O4/c1-13-10-14(19-24-13)11-20(2)18(21)16-7-3-4-8-17(16)23-12-15-6-5-9-22-15/h3-4,7-8,10,15H,5-6,9,11-12H2,1-2H3/t15-/m1/s1. The third-order valence-electron chi connectivity index (χ3n) is 3.99. The lowest BCUT2D eigenvalue weighted by Gasteiger charge is -2.19. The van der Waals surface area contributed by atoms with Crippen LogP contribution in [0, 0.1) is 6.92 Å². The Morgan fingerprint density at radius 2 is 2.25 bits per heavy atom. The van der Waals surface area contributed by atoms with Gasteiger partial charge in [-0.15, -0.1) is 0 Å². The van der Waals surface area contributed by atoms with Crippen LogP contribution in [-0.4, -0.2) is 42.3 Å². The Morgan fingerprint density at radius 3 is 2.96 bits per heavy atom. The van der Waals surface area contributed by atoms with Gasteiger partial charge in [0, 0.05) is 19.7 Å². The first kappa shape index (κ1) is 16.5. The summed E-state index contributed by atoms with van der Waals surface area (Å²) >= 11 is 0. The molecule has 0 unspecified atom stereocenters. The summed E-state index contributed by atoms with van der Waals surface area (Å²) in [5.41, 5.74) is 1.26. The van der Waals surface area contributed by atoms with E-state index in [0.717, 1.165) is 30.9 Å². The predicted octanol–water partition coefficient (Wildman–Crippen LogP) is 2.81. The topological polar surface area (TPSA) is 64.8 Å². The van der Waals surface area contributed by atoms with E-state index in [-0.39, 0.29) is 12.0 Å². The van der Waals surface area contributed by atoms with Crippen molar-refractivity contribution in [3.63, 3.8) is 0 Å². The number of hydrogen-bond donors (Lipinski definition) is 0. The normalized spacial score (nSPS) is 17.0. The van der Waals surface area contributed by atoms with Crippen molar-refractivity contribution in [2.45, 2.75) is 32.4 Å². The van der Waals surface area contributed by atoms with E-state index in [4.69, 9.17) is 14.0 Å². The number of aryl methyl sites for hydroxylation is 1. The van der Waals surface area contributed by atoms with Crippen LogP contribution in [0.5, 0.6) is 5.75 Å². The van der Waals surface area contributed by atoms with Gasteiger partial charge in [-0.3, -0.25) is 4.79 Å². The van der Waals surface area contributed by atoms with Crippen molar-refractivity contribution in [1.29, 1.82) is 0 Å². The van der Waals surface area contributed by atoms with Crippen LogP contribution in [-0.2, 0) is 11.3 Å². The number of carbonyl (C=O) groups excluding carboxylic acids is 1. The summed E-state index contributed by atoms with van der Waals surface area (Å²) < 4.78 is 16.4. The van der Waals surface area contributed by atoms with Crippen molar-refractivity contribution in [2.24, 2.45) is 0 Å². The molecule has 3 rings (SSSR count). The van der Waals surface area contributed by atoms with Crippen molar-refractivity contribution < 1.29 is 18.8 Å². The van der Waals surface area contributed by atoms with Gasteiger partial charge in [-0.2, -0.15) is 0 Å². The maximum Gasteiger partial charge on any atom is 0.257 e. The van der Waals surface area contributed by atoms with Gasteiger partial charge in [0.05, 0.1) is 18.2 Å². The minimum atomic E-state index is -0.112. The summed E-state index contributed by atoms with van der Waals surface area (Å²) in [7, 11) is 1.74. The quantitative estimate of drug-likeness (QED) is 0.815. The fourth-order valence-electron chi connectivity index (χ4n) is 2.74. The first-order chi connectivity index (χ1) is 11.6. The second-order valence-corrected chi connectivity index (χ2v) is 6.03. The average molecular weight is 330 g/mol. The highest BCUT2D eigenvalue weighted by Crippen LogP contribution is 2.22. The second-order valence-electron chi connectivity index (χ2n) is 6.03. The minimum Gasteiger partial charge on any atom is -0.490 e. The predicted molar refractivity (Wildman–Crippen MR) is 87.9 cm³/mol. The van der Waals surface area contributed by atoms with Crippen LogP contribution in [0.1, 0.15) is 34.7 Å². The van der Waals surface area contributed by atoms with E-state index in [2.05, 4.69) is 5.16 Å². The molecule has 1 amide bonds. The van der Waals surface area contributed by atoms with Gasteiger partial charge in [0.2, 0.25) is 0 Å². The number of rotatable bonds is 6. The number of carbonyl (C=O) groups is 1. The summed E-state index contributed by atoms with van der Waals surface area (Å²) in [4.78, 5) is 14.3. The van der Waals surface area contributed by atoms with Gasteiger partial charge in [0.15, 0.2) is 0 Å². The van der Waals surface area contributed by atoms with E-state index in [1.54, 1.807) is 18.0 Å². The highest BCUT2D eigenvalue weighted by molar-refractivity contribution is 5.96. The number of amides is 1. The molecule has 1 aromatic carbocycles. The lowest BCUT2D eigenvalue weighted by atomic mass is 10.1. The van der Waals surface area contributed by atoms with E-state index in [9.17, 15) is 4.79 Å². The van der Waals surface area contributed by atoms with Gasteiger partial charge in [-0.05, 0) is 31.9 Å². The number of ether oxygens (including phenoxy) is 2. The van der Waals surface area contributed by atoms with Gasteiger partial charge in [-0.25, -0.2) is 0 Å². The Morgan fingerprint density at radius 1 is 1.42 bits per heavy atom. The first-order valence-corrected chi connectivity index (χ1v) is 8.14. The third kappa shape index (κ3) is 3.94. The maximum atomic E-state index is 12.7. The number of aromatic nitrogens is 1. The number of hydrogen-bond acceptors (Lipinski definition) is 5. The molecule has 1 saturated heterocycles. The van der Waals surface area contributed by atoms with Crippen molar-refractivity contribution in [1.82, 2.24) is 10.1 Å². The molecule has 0 saturated carbocycles. The van der Waals surface area contributed by atoms with Crippen LogP contribution in [0.2, 0.25) is 0 Å². The van der Waals surface area contributed by atoms with Crippen molar-refractivity contribution in [3.8, 4) is 5.75 Å². The molecule has 1 aromatic heterocycles. The average Bonchev–Trinajstić information content (AvgIpc) is 3.24. The van der Waals surface area contributed by atoms with E-state index < -0.39 is 0 Å². The van der Waals surface area contributed by atoms with E-state index in [1.165, 1.54) is 0 Å². The molecule has 6 nitrogen and oxygen atoms in total. The Hall–Kier alpha value is -2.34. The summed E-state index contributed by atoms with van der Waals surface area (Å²) in [6, 6.07) is 9.11. The number of nitrogens with zero attached hydrogens (tertiary/aromatic N) is 2. The van der Waals surface area contributed by atoms with Crippen molar-refractivity contribution in [2.75, 3.05) is 20.3 Å². The Balaban J connectivity index is 1.66. The zero-order chi connectivity index (χ0) is 16.9. The van der Waals surface area contributed by atoms with Gasteiger partial charge >= 0.3 is 0 Å². The summed E-state index contributed by atoms with van der Waals surface area (Å²) in [5.74, 6) is 1.20. The molecule has 0 aliphatic carbocycles. The molecule has 128 valence electrons. The molecular formula is C18H22N2O4. The van der Waals surface area contributed by atoms with Crippen LogP contribution < -0.4 is 4.74 Å². The van der Waals surface area contributed by atoms with Crippen molar-refractivity contribution in [3.05, 3.63) is 47.3 Å². The lowest BCUT2D eigenvalue weighted by Crippen LogP contribution is -2.27. The molecule has 0 spiro atoms. The second kappa shape index (κ2) is 7.49. The fourth-order valence-corrected chi connectivity index (χ4v) is 2.74. The SMILES string of the molecule is Cc1cc(CN(C)C(=O)c2ccccc2OC[C@H]2CCCO2)no1. The Labute approximate surface area is 141 Å². The van der Waals surface area contributed by atoms with Gasteiger partial charge in [0.1, 0.15) is 23.8 Å². The summed E-state index contributed by atoms with van der Waals surface area (Å²) in [6.45, 7) is 3.47. The summed E-state index contributed by atoms with van der Waals surface area (Å²) in [6.07, 6.45) is 2.18. The van der Waals surface area contributed by atoms with Crippen molar-refractivity contribution >= 4 is 5.91 Å². The van der Waals surface area contributed by atoms with Gasteiger partial charge in [0.25, 0.3) is 5.91 Å². The molecule has 1 atom stereocenters. The lowest BCUT2D eigenvalue weighted by molar-refractivity contribution is 0.0656. The third-order valence-corrected chi connectivity index (χ3v) is 3.99. The molecular weight excluding hydrogens is 308 g/mol. The molecule has 0 bridgehead atoms. The molecule has 0 N–H and O–H groups in total. The van der Waals surface area contributed by atoms with E-state index in [0.29, 0.717) is 24.5 Å². The molecule has 1 aliphatic rings. The smallest absolute Gasteiger partial charge is 0.257 e. The largest absolute Gasteiger partial charge is 0.490 e. The molecule has 2 aromatic rings. The molecule has 2 heterocycles. The first-order valence-electron chi connectivity index (χ1n) is 8.14. The van der Waals surface area contributed by atoms with Crippen LogP contribution >= 0.6 is 0 Å². The molecule has 24 heavy (non-hydrogen) atoms. The maximum absolute atomic E-state index is 12.7.